The summed E-state index contributed by atoms with van der Waals surface area (Å²) in [7, 11) is 0. The molecule has 0 fully saturated rings. The van der Waals surface area contributed by atoms with Crippen LogP contribution in [-0.4, -0.2) is 4.98 Å². The van der Waals surface area contributed by atoms with Crippen LogP contribution in [0.15, 0.2) is 41.0 Å². The van der Waals surface area contributed by atoms with Gasteiger partial charge in [0.25, 0.3) is 0 Å². The largest absolute Gasteiger partial charge is 0.397 e. The van der Waals surface area contributed by atoms with Crippen LogP contribution in [0.3, 0.4) is 0 Å². The van der Waals surface area contributed by atoms with Crippen molar-refractivity contribution in [2.75, 3.05) is 11.1 Å². The molecule has 17 heavy (non-hydrogen) atoms. The first-order valence-electron chi connectivity index (χ1n) is 5.04. The van der Waals surface area contributed by atoms with Crippen molar-refractivity contribution in [3.63, 3.8) is 0 Å². The summed E-state index contributed by atoms with van der Waals surface area (Å²) in [5.41, 5.74) is 6.98. The van der Waals surface area contributed by atoms with Crippen LogP contribution < -0.4 is 11.1 Å². The average Bonchev–Trinajstić information content (AvgIpc) is 2.32. The molecule has 5 heteroatoms. The highest BCUT2D eigenvalue weighted by molar-refractivity contribution is 9.10. The first-order valence-corrected chi connectivity index (χ1v) is 5.84. The number of aromatic nitrogens is 1. The van der Waals surface area contributed by atoms with Crippen LogP contribution >= 0.6 is 15.9 Å². The molecule has 0 aliphatic rings. The first kappa shape index (κ1) is 11.9. The Kier molecular flexibility index (Phi) is 3.58. The Balaban J connectivity index is 2.07. The van der Waals surface area contributed by atoms with Crippen molar-refractivity contribution in [1.82, 2.24) is 4.98 Å². The molecule has 3 nitrogen and oxygen atoms in total. The number of hydrogen-bond acceptors (Lipinski definition) is 3. The Hall–Kier alpha value is -1.62. The van der Waals surface area contributed by atoms with Crippen molar-refractivity contribution < 1.29 is 4.39 Å². The number of halogens is 2. The molecule has 1 aromatic carbocycles. The maximum atomic E-state index is 13.0. The summed E-state index contributed by atoms with van der Waals surface area (Å²) >= 11 is 3.37. The molecule has 0 saturated carbocycles. The zero-order valence-electron chi connectivity index (χ0n) is 8.95. The lowest BCUT2D eigenvalue weighted by Crippen LogP contribution is -2.02. The van der Waals surface area contributed by atoms with Gasteiger partial charge in [-0.1, -0.05) is 15.9 Å². The van der Waals surface area contributed by atoms with Crippen LogP contribution in [0.2, 0.25) is 0 Å². The Labute approximate surface area is 107 Å². The van der Waals surface area contributed by atoms with Gasteiger partial charge in [0.05, 0.1) is 11.9 Å². The van der Waals surface area contributed by atoms with E-state index in [1.54, 1.807) is 24.4 Å². The van der Waals surface area contributed by atoms with Crippen LogP contribution in [0.1, 0.15) is 5.56 Å². The predicted molar refractivity (Wildman–Crippen MR) is 70.1 cm³/mol. The molecule has 0 unspecified atom stereocenters. The van der Waals surface area contributed by atoms with Gasteiger partial charge in [-0.15, -0.1) is 0 Å². The lowest BCUT2D eigenvalue weighted by molar-refractivity contribution is 0.625. The van der Waals surface area contributed by atoms with E-state index in [9.17, 15) is 4.39 Å². The number of rotatable bonds is 3. The van der Waals surface area contributed by atoms with Gasteiger partial charge in [0.2, 0.25) is 0 Å². The van der Waals surface area contributed by atoms with Gasteiger partial charge in [-0.3, -0.25) is 0 Å². The lowest BCUT2D eigenvalue weighted by atomic mass is 10.2. The van der Waals surface area contributed by atoms with Gasteiger partial charge in [0.15, 0.2) is 0 Å². The predicted octanol–water partition coefficient (Wildman–Crippen LogP) is 3.18. The van der Waals surface area contributed by atoms with Gasteiger partial charge in [0.1, 0.15) is 11.6 Å². The van der Waals surface area contributed by atoms with E-state index >= 15 is 0 Å². The molecule has 3 N–H and O–H groups in total. The molecule has 1 aromatic heterocycles. The Morgan fingerprint density at radius 3 is 2.82 bits per heavy atom. The van der Waals surface area contributed by atoms with Crippen molar-refractivity contribution in [2.24, 2.45) is 0 Å². The second kappa shape index (κ2) is 5.14. The molecule has 0 bridgehead atoms. The average molecular weight is 296 g/mol. The second-order valence-electron chi connectivity index (χ2n) is 3.57. The summed E-state index contributed by atoms with van der Waals surface area (Å²) < 4.78 is 13.9. The monoisotopic (exact) mass is 295 g/mol. The fourth-order valence-corrected chi connectivity index (χ4v) is 1.76. The highest BCUT2D eigenvalue weighted by Crippen LogP contribution is 2.19. The Morgan fingerprint density at radius 2 is 2.12 bits per heavy atom. The fourth-order valence-electron chi connectivity index (χ4n) is 1.37. The maximum absolute atomic E-state index is 13.0. The highest BCUT2D eigenvalue weighted by Gasteiger charge is 2.02. The van der Waals surface area contributed by atoms with E-state index in [-0.39, 0.29) is 5.82 Å². The van der Waals surface area contributed by atoms with Gasteiger partial charge in [0, 0.05) is 11.0 Å². The van der Waals surface area contributed by atoms with Gasteiger partial charge in [-0.25, -0.2) is 9.37 Å². The zero-order valence-corrected chi connectivity index (χ0v) is 10.5. The zero-order chi connectivity index (χ0) is 12.3. The van der Waals surface area contributed by atoms with E-state index in [1.807, 2.05) is 0 Å². The van der Waals surface area contributed by atoms with Crippen LogP contribution in [0.4, 0.5) is 15.9 Å². The molecule has 0 radical (unpaired) electrons. The molecule has 0 spiro atoms. The molecule has 1 heterocycles. The summed E-state index contributed by atoms with van der Waals surface area (Å²) in [6, 6.07) is 8.12. The summed E-state index contributed by atoms with van der Waals surface area (Å²) in [5.74, 6) is 0.450. The third kappa shape index (κ3) is 3.17. The van der Waals surface area contributed by atoms with E-state index in [4.69, 9.17) is 5.73 Å². The van der Waals surface area contributed by atoms with Crippen LogP contribution in [-0.2, 0) is 6.54 Å². The van der Waals surface area contributed by atoms with Crippen molar-refractivity contribution in [2.45, 2.75) is 6.54 Å². The molecule has 0 atom stereocenters. The van der Waals surface area contributed by atoms with Crippen LogP contribution in [0.25, 0.3) is 0 Å². The standard InChI is InChI=1S/C12H11BrFN3/c13-11-3-1-9(14)5-8(11)6-16-12-4-2-10(15)7-17-12/h1-5,7H,6,15H2,(H,16,17). The SMILES string of the molecule is Nc1ccc(NCc2cc(F)ccc2Br)nc1. The number of hydrogen-bond donors (Lipinski definition) is 2. The highest BCUT2D eigenvalue weighted by atomic mass is 79.9. The van der Waals surface area contributed by atoms with E-state index in [2.05, 4.69) is 26.2 Å². The smallest absolute Gasteiger partial charge is 0.126 e. The van der Waals surface area contributed by atoms with Crippen LogP contribution in [0.5, 0.6) is 0 Å². The molecule has 0 aliphatic carbocycles. The molecule has 0 amide bonds. The Morgan fingerprint density at radius 1 is 1.29 bits per heavy atom. The van der Waals surface area contributed by atoms with Crippen molar-refractivity contribution in [3.05, 3.63) is 52.4 Å². The molecule has 2 rings (SSSR count). The normalized spacial score (nSPS) is 10.2. The minimum atomic E-state index is -0.254. The summed E-state index contributed by atoms with van der Waals surface area (Å²) in [5, 5.41) is 3.09. The number of nitrogens with one attached hydrogen (secondary N) is 1. The third-order valence-corrected chi connectivity index (χ3v) is 3.03. The second-order valence-corrected chi connectivity index (χ2v) is 4.42. The van der Waals surface area contributed by atoms with E-state index in [0.29, 0.717) is 18.1 Å². The maximum Gasteiger partial charge on any atom is 0.126 e. The van der Waals surface area contributed by atoms with E-state index < -0.39 is 0 Å². The molecule has 88 valence electrons. The summed E-state index contributed by atoms with van der Waals surface area (Å²) in [6.07, 6.45) is 1.57. The first-order chi connectivity index (χ1) is 8.15. The number of anilines is 2. The molecular formula is C12H11BrFN3. The van der Waals surface area contributed by atoms with E-state index in [0.717, 1.165) is 10.0 Å². The fraction of sp³-hybridized carbons (Fsp3) is 0.0833. The van der Waals surface area contributed by atoms with E-state index in [1.165, 1.54) is 12.1 Å². The van der Waals surface area contributed by atoms with Gasteiger partial charge < -0.3 is 11.1 Å². The number of pyridine rings is 1. The van der Waals surface area contributed by atoms with Crippen LogP contribution in [0, 0.1) is 5.82 Å². The number of nitrogen functional groups attached to an aromatic ring is 1. The third-order valence-electron chi connectivity index (χ3n) is 2.25. The van der Waals surface area contributed by atoms with Crippen molar-refractivity contribution >= 4 is 27.4 Å². The van der Waals surface area contributed by atoms with Gasteiger partial charge >= 0.3 is 0 Å². The summed E-state index contributed by atoms with van der Waals surface area (Å²) in [6.45, 7) is 0.495. The molecular weight excluding hydrogens is 285 g/mol. The minimum absolute atomic E-state index is 0.254. The van der Waals surface area contributed by atoms with Gasteiger partial charge in [-0.2, -0.15) is 0 Å². The number of benzene rings is 1. The topological polar surface area (TPSA) is 50.9 Å². The minimum Gasteiger partial charge on any atom is -0.397 e. The van der Waals surface area contributed by atoms with Crippen molar-refractivity contribution in [3.8, 4) is 0 Å². The number of nitrogens with two attached hydrogens (primary N) is 1. The quantitative estimate of drug-likeness (QED) is 0.914. The molecule has 0 aliphatic heterocycles. The summed E-state index contributed by atoms with van der Waals surface area (Å²) in [4.78, 5) is 4.10. The van der Waals surface area contributed by atoms with Crippen molar-refractivity contribution in [1.29, 1.82) is 0 Å². The number of nitrogens with zero attached hydrogens (tertiary/aromatic N) is 1. The molecule has 2 aromatic rings. The lowest BCUT2D eigenvalue weighted by Gasteiger charge is -2.07. The molecule has 0 saturated heterocycles. The van der Waals surface area contributed by atoms with Gasteiger partial charge in [-0.05, 0) is 35.9 Å². The Bertz CT molecular complexity index is 514.